The molecule has 20 heavy (non-hydrogen) atoms. The Bertz CT molecular complexity index is 533. The minimum atomic E-state index is -0.277. The number of carbonyl (C=O) groups is 1. The van der Waals surface area contributed by atoms with Crippen molar-refractivity contribution in [2.45, 2.75) is 6.42 Å². The molecule has 0 bridgehead atoms. The molecule has 0 saturated heterocycles. The van der Waals surface area contributed by atoms with Crippen molar-refractivity contribution in [3.63, 3.8) is 0 Å². The fourth-order valence-electron chi connectivity index (χ4n) is 1.71. The normalized spacial score (nSPS) is 20.8. The van der Waals surface area contributed by atoms with E-state index < -0.39 is 0 Å². The van der Waals surface area contributed by atoms with Crippen LogP contribution < -0.4 is 22.6 Å². The number of fused-ring (bicyclic) bond motifs is 1. The van der Waals surface area contributed by atoms with Gasteiger partial charge in [0.25, 0.3) is 0 Å². The number of nitrogens with two attached hydrogens (primary N) is 3. The van der Waals surface area contributed by atoms with Crippen LogP contribution in [0.25, 0.3) is 0 Å². The van der Waals surface area contributed by atoms with Gasteiger partial charge in [-0.05, 0) is 0 Å². The number of carbonyl (C=O) groups excluding carboxylic acids is 1. The van der Waals surface area contributed by atoms with Crippen LogP contribution in [-0.4, -0.2) is 53.8 Å². The summed E-state index contributed by atoms with van der Waals surface area (Å²) in [4.78, 5) is 24.2. The molecule has 0 atom stereocenters. The lowest BCUT2D eigenvalue weighted by molar-refractivity contribution is 0.197. The Morgan fingerprint density at radius 1 is 1.35 bits per heavy atom. The van der Waals surface area contributed by atoms with Gasteiger partial charge in [-0.2, -0.15) is 0 Å². The third kappa shape index (κ3) is 2.85. The van der Waals surface area contributed by atoms with Crippen LogP contribution in [0.2, 0.25) is 0 Å². The highest BCUT2D eigenvalue weighted by Gasteiger charge is 2.29. The van der Waals surface area contributed by atoms with Crippen molar-refractivity contribution in [2.24, 2.45) is 32.3 Å². The number of hydrazine groups is 1. The van der Waals surface area contributed by atoms with E-state index in [1.54, 1.807) is 13.2 Å². The number of rotatable bonds is 0. The number of guanidine groups is 1. The fraction of sp³-hybridized carbons (Fsp3) is 0.400. The zero-order valence-electron chi connectivity index (χ0n) is 11.1. The molecule has 0 aliphatic carbocycles. The Morgan fingerprint density at radius 2 is 2.10 bits per heavy atom. The van der Waals surface area contributed by atoms with Gasteiger partial charge in [-0.3, -0.25) is 4.99 Å². The van der Waals surface area contributed by atoms with Crippen molar-refractivity contribution in [3.05, 3.63) is 11.9 Å². The monoisotopic (exact) mass is 279 g/mol. The van der Waals surface area contributed by atoms with Gasteiger partial charge in [-0.1, -0.05) is 0 Å². The molecule has 0 spiro atoms. The van der Waals surface area contributed by atoms with Gasteiger partial charge in [-0.15, -0.1) is 0 Å². The first-order chi connectivity index (χ1) is 9.49. The topological polar surface area (TPSA) is 151 Å². The van der Waals surface area contributed by atoms with Crippen molar-refractivity contribution >= 4 is 23.7 Å². The van der Waals surface area contributed by atoms with Crippen molar-refractivity contribution in [1.29, 1.82) is 0 Å². The quantitative estimate of drug-likeness (QED) is 0.301. The van der Waals surface area contributed by atoms with Crippen LogP contribution in [0.5, 0.6) is 0 Å². The zero-order chi connectivity index (χ0) is 14.7. The molecule has 3 aliphatic rings. The van der Waals surface area contributed by atoms with Gasteiger partial charge in [0.2, 0.25) is 5.96 Å². The number of amides is 2. The lowest BCUT2D eigenvalue weighted by Gasteiger charge is -2.27. The minimum Gasteiger partial charge on any atom is -0.387 e. The van der Waals surface area contributed by atoms with Gasteiger partial charge in [0, 0.05) is 26.2 Å². The minimum absolute atomic E-state index is 0.277. The van der Waals surface area contributed by atoms with Crippen LogP contribution >= 0.6 is 0 Å². The molecule has 3 rings (SSSR count). The van der Waals surface area contributed by atoms with E-state index in [1.807, 2.05) is 0 Å². The van der Waals surface area contributed by atoms with E-state index in [9.17, 15) is 4.79 Å². The molecule has 3 heterocycles. The van der Waals surface area contributed by atoms with Crippen LogP contribution in [0.1, 0.15) is 6.42 Å². The van der Waals surface area contributed by atoms with Gasteiger partial charge in [0.15, 0.2) is 5.84 Å². The van der Waals surface area contributed by atoms with Crippen molar-refractivity contribution in [3.8, 4) is 0 Å². The van der Waals surface area contributed by atoms with Crippen LogP contribution in [0.4, 0.5) is 4.79 Å². The third-order valence-electron chi connectivity index (χ3n) is 2.70. The summed E-state index contributed by atoms with van der Waals surface area (Å²) in [6.07, 6.45) is 2.41. The summed E-state index contributed by atoms with van der Waals surface area (Å²) in [7, 11) is 1.64. The number of hydrogen-bond donors (Lipinski definition) is 4. The molecule has 2 amide bonds. The summed E-state index contributed by atoms with van der Waals surface area (Å²) in [5.74, 6) is 6.88. The van der Waals surface area contributed by atoms with Gasteiger partial charge in [-0.25, -0.2) is 25.6 Å². The summed E-state index contributed by atoms with van der Waals surface area (Å²) in [5.41, 5.74) is 11.3. The van der Waals surface area contributed by atoms with Gasteiger partial charge >= 0.3 is 6.03 Å². The smallest absolute Gasteiger partial charge is 0.344 e. The van der Waals surface area contributed by atoms with E-state index in [4.69, 9.17) is 17.3 Å². The Morgan fingerprint density at radius 3 is 2.70 bits per heavy atom. The molecule has 10 heteroatoms. The lowest BCUT2D eigenvalue weighted by atomic mass is 10.3. The first-order valence-corrected chi connectivity index (χ1v) is 5.94. The maximum atomic E-state index is 11.2. The highest BCUT2D eigenvalue weighted by atomic mass is 16.2. The molecule has 0 aromatic heterocycles. The number of amidine groups is 2. The molecular weight excluding hydrogens is 262 g/mol. The van der Waals surface area contributed by atoms with E-state index >= 15 is 0 Å². The number of urea groups is 1. The first kappa shape index (κ1) is 13.8. The maximum absolute atomic E-state index is 11.2. The molecular formula is C10H17N9O. The second kappa shape index (κ2) is 5.57. The third-order valence-corrected chi connectivity index (χ3v) is 2.70. The predicted octanol–water partition coefficient (Wildman–Crippen LogP) is -1.91. The largest absolute Gasteiger partial charge is 0.387 e. The zero-order valence-corrected chi connectivity index (χ0v) is 11.1. The lowest BCUT2D eigenvalue weighted by Crippen LogP contribution is -2.51. The Balaban J connectivity index is 0.000000160. The van der Waals surface area contributed by atoms with Crippen LogP contribution in [0.15, 0.2) is 26.9 Å². The second-order valence-corrected chi connectivity index (χ2v) is 4.22. The maximum Gasteiger partial charge on any atom is 0.344 e. The van der Waals surface area contributed by atoms with Crippen molar-refractivity contribution in [2.75, 3.05) is 20.3 Å². The van der Waals surface area contributed by atoms with Crippen LogP contribution in [0.3, 0.4) is 0 Å². The summed E-state index contributed by atoms with van der Waals surface area (Å²) in [6, 6.07) is -0.277. The van der Waals surface area contributed by atoms with E-state index in [0.29, 0.717) is 30.8 Å². The number of hydrogen-bond acceptors (Lipinski definition) is 8. The summed E-state index contributed by atoms with van der Waals surface area (Å²) in [5, 5.41) is 4.02. The van der Waals surface area contributed by atoms with E-state index in [0.717, 1.165) is 17.1 Å². The van der Waals surface area contributed by atoms with E-state index in [1.165, 1.54) is 4.90 Å². The van der Waals surface area contributed by atoms with Crippen LogP contribution in [0, 0.1) is 0 Å². The highest BCUT2D eigenvalue weighted by molar-refractivity contribution is 6.09. The Hall–Kier alpha value is -2.62. The molecule has 0 aromatic rings. The van der Waals surface area contributed by atoms with E-state index in [2.05, 4.69) is 20.3 Å². The molecule has 0 fully saturated rings. The summed E-state index contributed by atoms with van der Waals surface area (Å²) < 4.78 is 0. The molecule has 0 unspecified atom stereocenters. The van der Waals surface area contributed by atoms with Crippen molar-refractivity contribution < 1.29 is 4.79 Å². The number of nitrogens with one attached hydrogen (secondary N) is 1. The molecule has 0 radical (unpaired) electrons. The summed E-state index contributed by atoms with van der Waals surface area (Å²) >= 11 is 0. The van der Waals surface area contributed by atoms with Gasteiger partial charge in [0.05, 0.1) is 5.70 Å². The second-order valence-electron chi connectivity index (χ2n) is 4.22. The van der Waals surface area contributed by atoms with Crippen LogP contribution in [-0.2, 0) is 0 Å². The SMILES string of the molecule is CN1C=C2NCN=C2N(N)C1=O.NC1=NC(N)=NCC1. The molecule has 108 valence electrons. The Labute approximate surface area is 115 Å². The first-order valence-electron chi connectivity index (χ1n) is 5.94. The summed E-state index contributed by atoms with van der Waals surface area (Å²) in [6.45, 7) is 1.16. The average Bonchev–Trinajstić information content (AvgIpc) is 2.85. The Kier molecular flexibility index (Phi) is 3.84. The fourth-order valence-corrected chi connectivity index (χ4v) is 1.71. The molecule has 10 nitrogen and oxygen atoms in total. The van der Waals surface area contributed by atoms with Gasteiger partial charge in [0.1, 0.15) is 12.5 Å². The van der Waals surface area contributed by atoms with E-state index in [-0.39, 0.29) is 6.03 Å². The average molecular weight is 279 g/mol. The highest BCUT2D eigenvalue weighted by Crippen LogP contribution is 2.12. The molecule has 0 aromatic carbocycles. The number of nitrogens with zero attached hydrogens (tertiary/aromatic N) is 5. The van der Waals surface area contributed by atoms with Gasteiger partial charge < -0.3 is 21.7 Å². The predicted molar refractivity (Wildman–Crippen MR) is 75.4 cm³/mol. The standard InChI is InChI=1S/C6H9N5O.C4H8N4/c1-10-2-4-5(9-3-8-4)11(7)6(10)12;5-3-1-2-7-4(6)8-3/h2,8H,3,7H2,1H3;1-2H2,(H4,5,6,7,8). The molecule has 3 aliphatic heterocycles. The van der Waals surface area contributed by atoms with Crippen molar-refractivity contribution in [1.82, 2.24) is 15.2 Å². The molecule has 0 saturated carbocycles. The number of aliphatic imine (C=N–C) groups is 3. The molecule has 7 N–H and O–H groups in total.